The SMILES string of the molecule is CCc1nn(CC)c(CNC(C)CC(C)CC)c1Cl. The average molecular weight is 286 g/mol. The molecular formula is C15H28ClN3. The van der Waals surface area contributed by atoms with Gasteiger partial charge in [-0.05, 0) is 32.6 Å². The van der Waals surface area contributed by atoms with Crippen LogP contribution in [0.2, 0.25) is 5.02 Å². The number of hydrogen-bond acceptors (Lipinski definition) is 2. The summed E-state index contributed by atoms with van der Waals surface area (Å²) >= 11 is 6.40. The molecule has 0 aliphatic heterocycles. The molecule has 1 N–H and O–H groups in total. The molecule has 1 heterocycles. The highest BCUT2D eigenvalue weighted by atomic mass is 35.5. The Labute approximate surface area is 122 Å². The summed E-state index contributed by atoms with van der Waals surface area (Å²) < 4.78 is 2.02. The van der Waals surface area contributed by atoms with Crippen LogP contribution in [0.1, 0.15) is 58.8 Å². The lowest BCUT2D eigenvalue weighted by Gasteiger charge is -2.18. The van der Waals surface area contributed by atoms with E-state index in [0.717, 1.165) is 41.8 Å². The highest BCUT2D eigenvalue weighted by Crippen LogP contribution is 2.21. The van der Waals surface area contributed by atoms with Gasteiger partial charge < -0.3 is 5.32 Å². The van der Waals surface area contributed by atoms with Crippen molar-refractivity contribution >= 4 is 11.6 Å². The fourth-order valence-electron chi connectivity index (χ4n) is 2.31. The molecular weight excluding hydrogens is 258 g/mol. The second-order valence-electron chi connectivity index (χ2n) is 5.41. The van der Waals surface area contributed by atoms with Crippen molar-refractivity contribution in [2.45, 2.75) is 73.0 Å². The zero-order valence-electron chi connectivity index (χ0n) is 13.0. The molecule has 0 aliphatic rings. The summed E-state index contributed by atoms with van der Waals surface area (Å²) in [7, 11) is 0. The lowest BCUT2D eigenvalue weighted by Crippen LogP contribution is -2.28. The molecule has 3 nitrogen and oxygen atoms in total. The quantitative estimate of drug-likeness (QED) is 0.781. The zero-order valence-corrected chi connectivity index (χ0v) is 13.7. The molecule has 0 radical (unpaired) electrons. The first kappa shape index (κ1) is 16.5. The van der Waals surface area contributed by atoms with Crippen molar-refractivity contribution in [3.05, 3.63) is 16.4 Å². The molecule has 0 saturated heterocycles. The molecule has 0 aliphatic carbocycles. The summed E-state index contributed by atoms with van der Waals surface area (Å²) in [6.07, 6.45) is 3.33. The van der Waals surface area contributed by atoms with Gasteiger partial charge in [-0.1, -0.05) is 38.8 Å². The standard InChI is InChI=1S/C15H28ClN3/c1-6-11(4)9-12(5)17-10-14-15(16)13(7-2)18-19(14)8-3/h11-12,17H,6-10H2,1-5H3. The van der Waals surface area contributed by atoms with E-state index in [1.54, 1.807) is 0 Å². The number of nitrogens with one attached hydrogen (secondary N) is 1. The van der Waals surface area contributed by atoms with Crippen molar-refractivity contribution < 1.29 is 0 Å². The van der Waals surface area contributed by atoms with E-state index >= 15 is 0 Å². The van der Waals surface area contributed by atoms with Crippen molar-refractivity contribution in [1.82, 2.24) is 15.1 Å². The van der Waals surface area contributed by atoms with Gasteiger partial charge in [0.2, 0.25) is 0 Å². The summed E-state index contributed by atoms with van der Waals surface area (Å²) in [5.74, 6) is 0.764. The first-order valence-electron chi connectivity index (χ1n) is 7.50. The van der Waals surface area contributed by atoms with E-state index in [1.165, 1.54) is 12.8 Å². The second-order valence-corrected chi connectivity index (χ2v) is 5.79. The minimum atomic E-state index is 0.510. The van der Waals surface area contributed by atoms with E-state index in [0.29, 0.717) is 6.04 Å². The Morgan fingerprint density at radius 1 is 1.26 bits per heavy atom. The predicted octanol–water partition coefficient (Wildman–Crippen LogP) is 4.03. The van der Waals surface area contributed by atoms with E-state index in [9.17, 15) is 0 Å². The summed E-state index contributed by atoms with van der Waals surface area (Å²) in [6, 6.07) is 0.510. The highest BCUT2D eigenvalue weighted by molar-refractivity contribution is 6.31. The van der Waals surface area contributed by atoms with Crippen molar-refractivity contribution in [2.24, 2.45) is 5.92 Å². The van der Waals surface area contributed by atoms with Crippen molar-refractivity contribution in [3.8, 4) is 0 Å². The molecule has 0 bridgehead atoms. The third kappa shape index (κ3) is 4.50. The number of aryl methyl sites for hydroxylation is 2. The van der Waals surface area contributed by atoms with Gasteiger partial charge in [0.05, 0.1) is 16.4 Å². The molecule has 4 heteroatoms. The molecule has 1 aromatic rings. The highest BCUT2D eigenvalue weighted by Gasteiger charge is 2.15. The monoisotopic (exact) mass is 285 g/mol. The summed E-state index contributed by atoms with van der Waals surface area (Å²) in [5, 5.41) is 8.96. The molecule has 110 valence electrons. The number of hydrogen-bond donors (Lipinski definition) is 1. The van der Waals surface area contributed by atoms with Gasteiger partial charge in [0.1, 0.15) is 0 Å². The fraction of sp³-hybridized carbons (Fsp3) is 0.800. The third-order valence-electron chi connectivity index (χ3n) is 3.76. The minimum Gasteiger partial charge on any atom is -0.309 e. The number of halogens is 1. The van der Waals surface area contributed by atoms with E-state index in [1.807, 2.05) is 4.68 Å². The Morgan fingerprint density at radius 3 is 2.47 bits per heavy atom. The number of aromatic nitrogens is 2. The molecule has 0 fully saturated rings. The van der Waals surface area contributed by atoms with Gasteiger partial charge in [-0.2, -0.15) is 5.10 Å². The largest absolute Gasteiger partial charge is 0.309 e. The van der Waals surface area contributed by atoms with Gasteiger partial charge in [-0.25, -0.2) is 0 Å². The van der Waals surface area contributed by atoms with Crippen LogP contribution in [0.5, 0.6) is 0 Å². The molecule has 1 rings (SSSR count). The van der Waals surface area contributed by atoms with Crippen molar-refractivity contribution in [3.63, 3.8) is 0 Å². The smallest absolute Gasteiger partial charge is 0.0863 e. The van der Waals surface area contributed by atoms with Crippen LogP contribution < -0.4 is 5.32 Å². The Morgan fingerprint density at radius 2 is 1.95 bits per heavy atom. The fourth-order valence-corrected chi connectivity index (χ4v) is 2.65. The van der Waals surface area contributed by atoms with Crippen LogP contribution in [-0.2, 0) is 19.5 Å². The minimum absolute atomic E-state index is 0.510. The van der Waals surface area contributed by atoms with Gasteiger partial charge in [0, 0.05) is 19.1 Å². The summed E-state index contributed by atoms with van der Waals surface area (Å²) in [5.41, 5.74) is 2.13. The van der Waals surface area contributed by atoms with E-state index < -0.39 is 0 Å². The number of rotatable bonds is 8. The maximum Gasteiger partial charge on any atom is 0.0863 e. The van der Waals surface area contributed by atoms with Crippen LogP contribution in [0.3, 0.4) is 0 Å². The molecule has 2 unspecified atom stereocenters. The second kappa shape index (κ2) is 7.91. The van der Waals surface area contributed by atoms with Gasteiger partial charge in [-0.3, -0.25) is 4.68 Å². The Hall–Kier alpha value is -0.540. The summed E-state index contributed by atoms with van der Waals surface area (Å²) in [6.45, 7) is 12.7. The first-order valence-corrected chi connectivity index (χ1v) is 7.88. The first-order chi connectivity index (χ1) is 9.03. The topological polar surface area (TPSA) is 29.9 Å². The van der Waals surface area contributed by atoms with Gasteiger partial charge in [0.25, 0.3) is 0 Å². The zero-order chi connectivity index (χ0) is 14.4. The van der Waals surface area contributed by atoms with Gasteiger partial charge in [-0.15, -0.1) is 0 Å². The van der Waals surface area contributed by atoms with Crippen LogP contribution in [-0.4, -0.2) is 15.8 Å². The van der Waals surface area contributed by atoms with E-state index in [2.05, 4.69) is 45.0 Å². The maximum absolute atomic E-state index is 6.40. The van der Waals surface area contributed by atoms with Crippen molar-refractivity contribution in [1.29, 1.82) is 0 Å². The number of nitrogens with zero attached hydrogens (tertiary/aromatic N) is 2. The normalized spacial score (nSPS) is 14.6. The average Bonchev–Trinajstić information content (AvgIpc) is 2.72. The van der Waals surface area contributed by atoms with Crippen LogP contribution >= 0.6 is 11.6 Å². The van der Waals surface area contributed by atoms with Crippen LogP contribution in [0, 0.1) is 5.92 Å². The lowest BCUT2D eigenvalue weighted by molar-refractivity contribution is 0.406. The summed E-state index contributed by atoms with van der Waals surface area (Å²) in [4.78, 5) is 0. The van der Waals surface area contributed by atoms with Gasteiger partial charge >= 0.3 is 0 Å². The molecule has 2 atom stereocenters. The lowest BCUT2D eigenvalue weighted by atomic mass is 10.0. The molecule has 1 aromatic heterocycles. The molecule has 19 heavy (non-hydrogen) atoms. The molecule has 0 aromatic carbocycles. The Kier molecular flexibility index (Phi) is 6.87. The Bertz CT molecular complexity index is 387. The van der Waals surface area contributed by atoms with E-state index in [-0.39, 0.29) is 0 Å². The Balaban J connectivity index is 2.64. The maximum atomic E-state index is 6.40. The molecule has 0 spiro atoms. The molecule has 0 saturated carbocycles. The van der Waals surface area contributed by atoms with Crippen LogP contribution in [0.4, 0.5) is 0 Å². The van der Waals surface area contributed by atoms with E-state index in [4.69, 9.17) is 11.6 Å². The predicted molar refractivity (Wildman–Crippen MR) is 82.7 cm³/mol. The molecule has 0 amide bonds. The van der Waals surface area contributed by atoms with Gasteiger partial charge in [0.15, 0.2) is 0 Å². The van der Waals surface area contributed by atoms with Crippen LogP contribution in [0.15, 0.2) is 0 Å². The van der Waals surface area contributed by atoms with Crippen LogP contribution in [0.25, 0.3) is 0 Å². The third-order valence-corrected chi connectivity index (χ3v) is 4.20. The van der Waals surface area contributed by atoms with Crippen molar-refractivity contribution in [2.75, 3.05) is 0 Å².